The number of anilines is 1. The summed E-state index contributed by atoms with van der Waals surface area (Å²) in [6, 6.07) is 11.9. The molecule has 3 aromatic rings. The minimum Gasteiger partial charge on any atom is -0.493 e. The van der Waals surface area contributed by atoms with Crippen LogP contribution in [0.1, 0.15) is 44.4 Å². The standard InChI is InChI=1S/C29H29N3O6S/c1-6-14-31-19-11-9-8-10-18(19)23(26(31)33)25-27(34)32-24(17-12-13-20(36-4)21(15-17)37-5)22(28(35)38-7-2)16(3)30-29(32)39-25/h8-13,15,24H,6-7,14H2,1-5H3/b25-23-/t24-/m0/s1. The van der Waals surface area contributed by atoms with Crippen molar-refractivity contribution in [3.8, 4) is 11.5 Å². The fourth-order valence-electron chi connectivity index (χ4n) is 5.13. The Labute approximate surface area is 229 Å². The van der Waals surface area contributed by atoms with Gasteiger partial charge in [0.15, 0.2) is 16.3 Å². The molecule has 3 heterocycles. The summed E-state index contributed by atoms with van der Waals surface area (Å²) < 4.78 is 18.0. The molecule has 0 bridgehead atoms. The molecule has 10 heteroatoms. The van der Waals surface area contributed by atoms with Gasteiger partial charge in [-0.3, -0.25) is 14.2 Å². The monoisotopic (exact) mass is 547 g/mol. The van der Waals surface area contributed by atoms with Crippen LogP contribution in [0, 0.1) is 0 Å². The summed E-state index contributed by atoms with van der Waals surface area (Å²) in [7, 11) is 3.06. The van der Waals surface area contributed by atoms with E-state index < -0.39 is 17.6 Å². The Bertz CT molecular complexity index is 1700. The van der Waals surface area contributed by atoms with E-state index in [0.717, 1.165) is 23.4 Å². The molecule has 2 aliphatic heterocycles. The first kappa shape index (κ1) is 26.4. The smallest absolute Gasteiger partial charge is 0.338 e. The third-order valence-corrected chi connectivity index (χ3v) is 7.87. The first-order valence-corrected chi connectivity index (χ1v) is 13.5. The number of aromatic nitrogens is 1. The van der Waals surface area contributed by atoms with Crippen LogP contribution in [0.5, 0.6) is 11.5 Å². The van der Waals surface area contributed by atoms with Crippen LogP contribution in [0.2, 0.25) is 0 Å². The number of esters is 1. The van der Waals surface area contributed by atoms with Crippen molar-refractivity contribution in [1.29, 1.82) is 0 Å². The average molecular weight is 548 g/mol. The molecule has 0 aliphatic carbocycles. The Morgan fingerprint density at radius 2 is 1.79 bits per heavy atom. The van der Waals surface area contributed by atoms with Gasteiger partial charge in [-0.05, 0) is 44.0 Å². The van der Waals surface area contributed by atoms with Crippen molar-refractivity contribution in [1.82, 2.24) is 4.57 Å². The van der Waals surface area contributed by atoms with Gasteiger partial charge in [0.25, 0.3) is 11.5 Å². The average Bonchev–Trinajstić information content (AvgIpc) is 3.40. The van der Waals surface area contributed by atoms with Gasteiger partial charge in [-0.2, -0.15) is 0 Å². The Hall–Kier alpha value is -4.18. The van der Waals surface area contributed by atoms with Gasteiger partial charge in [0.2, 0.25) is 0 Å². The zero-order chi connectivity index (χ0) is 27.8. The van der Waals surface area contributed by atoms with Crippen LogP contribution in [0.15, 0.2) is 63.5 Å². The first-order chi connectivity index (χ1) is 18.9. The first-order valence-electron chi connectivity index (χ1n) is 12.7. The fourth-order valence-corrected chi connectivity index (χ4v) is 6.26. The number of hydrogen-bond acceptors (Lipinski definition) is 8. The van der Waals surface area contributed by atoms with Gasteiger partial charge < -0.3 is 19.1 Å². The van der Waals surface area contributed by atoms with Crippen LogP contribution in [0.4, 0.5) is 5.69 Å². The van der Waals surface area contributed by atoms with E-state index in [4.69, 9.17) is 14.2 Å². The zero-order valence-electron chi connectivity index (χ0n) is 22.4. The maximum Gasteiger partial charge on any atom is 0.338 e. The lowest BCUT2D eigenvalue weighted by Gasteiger charge is -2.25. The number of para-hydroxylation sites is 1. The predicted octanol–water partition coefficient (Wildman–Crippen LogP) is 2.94. The highest BCUT2D eigenvalue weighted by Crippen LogP contribution is 2.37. The Balaban J connectivity index is 1.81. The quantitative estimate of drug-likeness (QED) is 0.422. The van der Waals surface area contributed by atoms with Gasteiger partial charge in [-0.25, -0.2) is 9.79 Å². The van der Waals surface area contributed by atoms with E-state index in [0.29, 0.717) is 45.2 Å². The van der Waals surface area contributed by atoms with Crippen molar-refractivity contribution in [3.63, 3.8) is 0 Å². The topological polar surface area (TPSA) is 99.4 Å². The highest BCUT2D eigenvalue weighted by atomic mass is 32.1. The molecule has 1 aromatic heterocycles. The molecule has 202 valence electrons. The Morgan fingerprint density at radius 3 is 2.49 bits per heavy atom. The highest BCUT2D eigenvalue weighted by Gasteiger charge is 2.37. The van der Waals surface area contributed by atoms with Crippen LogP contribution in [-0.4, -0.2) is 43.8 Å². The van der Waals surface area contributed by atoms with E-state index in [1.807, 2.05) is 31.2 Å². The van der Waals surface area contributed by atoms with E-state index in [9.17, 15) is 14.4 Å². The van der Waals surface area contributed by atoms with E-state index in [1.54, 1.807) is 36.9 Å². The summed E-state index contributed by atoms with van der Waals surface area (Å²) in [5, 5.41) is 0. The van der Waals surface area contributed by atoms with Crippen molar-refractivity contribution in [3.05, 3.63) is 84.5 Å². The number of thiazole rings is 1. The molecule has 2 aliphatic rings. The predicted molar refractivity (Wildman–Crippen MR) is 148 cm³/mol. The highest BCUT2D eigenvalue weighted by molar-refractivity contribution is 7.07. The normalized spacial score (nSPS) is 17.5. The van der Waals surface area contributed by atoms with Gasteiger partial charge in [-0.1, -0.05) is 42.5 Å². The lowest BCUT2D eigenvalue weighted by molar-refractivity contribution is -0.139. The SMILES string of the molecule is CCCN1C(=O)/C(=c2\sc3n(c2=O)[C@@H](c2ccc(OC)c(OC)c2)C(C(=O)OCC)=C(C)N=3)c2ccccc21. The van der Waals surface area contributed by atoms with Gasteiger partial charge in [0, 0.05) is 12.1 Å². The van der Waals surface area contributed by atoms with Gasteiger partial charge in [0.1, 0.15) is 4.53 Å². The number of allylic oxidation sites excluding steroid dienone is 1. The number of carbonyl (C=O) groups excluding carboxylic acids is 2. The number of nitrogens with zero attached hydrogens (tertiary/aromatic N) is 3. The lowest BCUT2D eigenvalue weighted by atomic mass is 9.95. The molecule has 0 saturated carbocycles. The molecule has 0 fully saturated rings. The summed E-state index contributed by atoms with van der Waals surface area (Å²) in [5.74, 6) is 0.187. The third-order valence-electron chi connectivity index (χ3n) is 6.81. The van der Waals surface area contributed by atoms with Crippen molar-refractivity contribution in [2.75, 3.05) is 32.3 Å². The number of benzene rings is 2. The molecule has 39 heavy (non-hydrogen) atoms. The number of carbonyl (C=O) groups is 2. The molecule has 0 radical (unpaired) electrons. The fraction of sp³-hybridized carbons (Fsp3) is 0.310. The Morgan fingerprint density at radius 1 is 1.05 bits per heavy atom. The largest absolute Gasteiger partial charge is 0.493 e. The molecule has 1 atom stereocenters. The third kappa shape index (κ3) is 4.24. The van der Waals surface area contributed by atoms with Crippen molar-refractivity contribution < 1.29 is 23.8 Å². The molecule has 0 N–H and O–H groups in total. The van der Waals surface area contributed by atoms with E-state index >= 15 is 0 Å². The number of methoxy groups -OCH3 is 2. The van der Waals surface area contributed by atoms with Crippen molar-refractivity contribution >= 4 is 34.5 Å². The van der Waals surface area contributed by atoms with Crippen LogP contribution < -0.4 is 29.3 Å². The number of fused-ring (bicyclic) bond motifs is 2. The minimum absolute atomic E-state index is 0.168. The molecular formula is C29H29N3O6S. The summed E-state index contributed by atoms with van der Waals surface area (Å²) in [5.41, 5.74) is 2.76. The maximum absolute atomic E-state index is 14.2. The second-order valence-electron chi connectivity index (χ2n) is 9.09. The van der Waals surface area contributed by atoms with E-state index in [-0.39, 0.29) is 22.6 Å². The van der Waals surface area contributed by atoms with Crippen LogP contribution in [-0.2, 0) is 14.3 Å². The minimum atomic E-state index is -0.840. The van der Waals surface area contributed by atoms with Crippen LogP contribution >= 0.6 is 11.3 Å². The van der Waals surface area contributed by atoms with E-state index in [2.05, 4.69) is 4.99 Å². The maximum atomic E-state index is 14.2. The van der Waals surface area contributed by atoms with Gasteiger partial charge >= 0.3 is 5.97 Å². The number of hydrogen-bond donors (Lipinski definition) is 0. The van der Waals surface area contributed by atoms with Gasteiger partial charge in [-0.15, -0.1) is 0 Å². The molecule has 2 aromatic carbocycles. The Kier molecular flexibility index (Phi) is 7.14. The summed E-state index contributed by atoms with van der Waals surface area (Å²) >= 11 is 1.15. The van der Waals surface area contributed by atoms with Crippen LogP contribution in [0.3, 0.4) is 0 Å². The second-order valence-corrected chi connectivity index (χ2v) is 10.1. The summed E-state index contributed by atoms with van der Waals surface area (Å²) in [6.07, 6.45) is 0.774. The molecule has 5 rings (SSSR count). The van der Waals surface area contributed by atoms with Gasteiger partial charge in [0.05, 0.1) is 49.4 Å². The number of rotatable bonds is 7. The summed E-state index contributed by atoms with van der Waals surface area (Å²) in [4.78, 5) is 47.8. The van der Waals surface area contributed by atoms with E-state index in [1.165, 1.54) is 18.8 Å². The molecule has 1 amide bonds. The lowest BCUT2D eigenvalue weighted by Crippen LogP contribution is -2.41. The molecule has 9 nitrogen and oxygen atoms in total. The number of amides is 1. The van der Waals surface area contributed by atoms with Crippen molar-refractivity contribution in [2.24, 2.45) is 4.99 Å². The molecule has 0 saturated heterocycles. The second kappa shape index (κ2) is 10.5. The van der Waals surface area contributed by atoms with Crippen molar-refractivity contribution in [2.45, 2.75) is 33.2 Å². The zero-order valence-corrected chi connectivity index (χ0v) is 23.3. The summed E-state index contributed by atoms with van der Waals surface area (Å²) in [6.45, 7) is 6.16. The molecule has 0 spiro atoms. The number of ether oxygens (including phenoxy) is 3. The van der Waals surface area contributed by atoms with Crippen LogP contribution in [0.25, 0.3) is 5.57 Å². The molecule has 0 unspecified atom stereocenters. The molecular weight excluding hydrogens is 518 g/mol.